The van der Waals surface area contributed by atoms with E-state index >= 15 is 0 Å². The van der Waals surface area contributed by atoms with Crippen LogP contribution in [0.25, 0.3) is 0 Å². The Hall–Kier alpha value is -1.80. The average Bonchev–Trinajstić information content (AvgIpc) is 2.51. The minimum Gasteiger partial charge on any atom is -0.389 e. The Labute approximate surface area is 127 Å². The second-order valence-corrected chi connectivity index (χ2v) is 6.15. The topological polar surface area (TPSA) is 23.5 Å². The average molecular weight is 281 g/mol. The Kier molecular flexibility index (Phi) is 3.98. The van der Waals surface area contributed by atoms with Crippen LogP contribution in [0.3, 0.4) is 0 Å². The number of para-hydroxylation sites is 1. The molecule has 21 heavy (non-hydrogen) atoms. The van der Waals surface area contributed by atoms with Crippen molar-refractivity contribution in [3.8, 4) is 0 Å². The lowest BCUT2D eigenvalue weighted by Gasteiger charge is -2.39. The highest BCUT2D eigenvalue weighted by Crippen LogP contribution is 2.29. The van der Waals surface area contributed by atoms with Gasteiger partial charge in [0, 0.05) is 25.2 Å². The van der Waals surface area contributed by atoms with E-state index in [1.54, 1.807) is 0 Å². The number of hydrogen-bond acceptors (Lipinski definition) is 2. The van der Waals surface area contributed by atoms with E-state index in [4.69, 9.17) is 0 Å². The van der Waals surface area contributed by atoms with Crippen molar-refractivity contribution in [1.29, 1.82) is 0 Å². The molecule has 1 aliphatic heterocycles. The molecule has 2 aromatic carbocycles. The van der Waals surface area contributed by atoms with Crippen molar-refractivity contribution in [3.63, 3.8) is 0 Å². The zero-order valence-electron chi connectivity index (χ0n) is 12.6. The number of aryl methyl sites for hydroxylation is 1. The molecule has 0 spiro atoms. The highest BCUT2D eigenvalue weighted by atomic mass is 16.3. The molecule has 0 aromatic heterocycles. The fourth-order valence-corrected chi connectivity index (χ4v) is 3.16. The molecule has 110 valence electrons. The molecular weight excluding hydrogens is 258 g/mol. The molecule has 0 aliphatic carbocycles. The van der Waals surface area contributed by atoms with Crippen LogP contribution in [0.2, 0.25) is 0 Å². The van der Waals surface area contributed by atoms with Crippen molar-refractivity contribution in [1.82, 2.24) is 0 Å². The van der Waals surface area contributed by atoms with Gasteiger partial charge in [0.15, 0.2) is 0 Å². The van der Waals surface area contributed by atoms with Crippen molar-refractivity contribution >= 4 is 5.69 Å². The first kappa shape index (κ1) is 14.2. The van der Waals surface area contributed by atoms with Crippen molar-refractivity contribution in [2.24, 2.45) is 0 Å². The summed E-state index contributed by atoms with van der Waals surface area (Å²) in [6.07, 6.45) is 2.43. The number of aliphatic hydroxyl groups is 1. The predicted molar refractivity (Wildman–Crippen MR) is 87.7 cm³/mol. The molecule has 2 aromatic rings. The standard InChI is InChI=1S/C19H23NO/c1-16-7-5-6-8-17(16)15-19(21)11-13-20(14-12-19)18-9-3-2-4-10-18/h2-10,21H,11-15H2,1H3. The van der Waals surface area contributed by atoms with E-state index in [0.717, 1.165) is 32.4 Å². The first-order valence-corrected chi connectivity index (χ1v) is 7.73. The number of benzene rings is 2. The van der Waals surface area contributed by atoms with Gasteiger partial charge in [0.2, 0.25) is 0 Å². The van der Waals surface area contributed by atoms with Crippen LogP contribution in [0.15, 0.2) is 54.6 Å². The van der Waals surface area contributed by atoms with Gasteiger partial charge in [-0.05, 0) is 43.0 Å². The maximum Gasteiger partial charge on any atom is 0.0721 e. The Morgan fingerprint density at radius 2 is 1.57 bits per heavy atom. The van der Waals surface area contributed by atoms with E-state index in [9.17, 15) is 5.11 Å². The third-order valence-electron chi connectivity index (χ3n) is 4.60. The summed E-state index contributed by atoms with van der Waals surface area (Å²) in [6.45, 7) is 3.97. The quantitative estimate of drug-likeness (QED) is 0.929. The van der Waals surface area contributed by atoms with Gasteiger partial charge in [0.1, 0.15) is 0 Å². The highest BCUT2D eigenvalue weighted by molar-refractivity contribution is 5.46. The number of rotatable bonds is 3. The van der Waals surface area contributed by atoms with Crippen LogP contribution in [0, 0.1) is 6.92 Å². The second kappa shape index (κ2) is 5.90. The number of hydrogen-bond donors (Lipinski definition) is 1. The summed E-state index contributed by atoms with van der Waals surface area (Å²) in [7, 11) is 0. The molecule has 0 bridgehead atoms. The summed E-state index contributed by atoms with van der Waals surface area (Å²) < 4.78 is 0. The molecule has 1 heterocycles. The normalized spacial score (nSPS) is 17.7. The first-order chi connectivity index (χ1) is 10.2. The predicted octanol–water partition coefficient (Wildman–Crippen LogP) is 3.57. The van der Waals surface area contributed by atoms with Gasteiger partial charge in [-0.15, -0.1) is 0 Å². The van der Waals surface area contributed by atoms with Gasteiger partial charge in [-0.1, -0.05) is 42.5 Å². The summed E-state index contributed by atoms with van der Waals surface area (Å²) in [4.78, 5) is 2.37. The van der Waals surface area contributed by atoms with Gasteiger partial charge < -0.3 is 10.0 Å². The van der Waals surface area contributed by atoms with Gasteiger partial charge in [0.05, 0.1) is 5.60 Å². The van der Waals surface area contributed by atoms with Crippen molar-refractivity contribution < 1.29 is 5.11 Å². The third kappa shape index (κ3) is 3.27. The molecule has 1 saturated heterocycles. The van der Waals surface area contributed by atoms with Crippen LogP contribution >= 0.6 is 0 Å². The molecular formula is C19H23NO. The Balaban J connectivity index is 1.66. The minimum absolute atomic E-state index is 0.558. The summed E-state index contributed by atoms with van der Waals surface area (Å²) >= 11 is 0. The molecule has 2 nitrogen and oxygen atoms in total. The largest absolute Gasteiger partial charge is 0.389 e. The minimum atomic E-state index is -0.558. The zero-order valence-corrected chi connectivity index (χ0v) is 12.6. The summed E-state index contributed by atoms with van der Waals surface area (Å²) in [5.74, 6) is 0. The van der Waals surface area contributed by atoms with Gasteiger partial charge in [0.25, 0.3) is 0 Å². The maximum atomic E-state index is 10.9. The number of nitrogens with zero attached hydrogens (tertiary/aromatic N) is 1. The summed E-state index contributed by atoms with van der Waals surface area (Å²) in [6, 6.07) is 18.9. The molecule has 1 fully saturated rings. The lowest BCUT2D eigenvalue weighted by molar-refractivity contribution is 0.0164. The molecule has 0 amide bonds. The molecule has 0 saturated carbocycles. The van der Waals surface area contributed by atoms with Gasteiger partial charge in [-0.3, -0.25) is 0 Å². The second-order valence-electron chi connectivity index (χ2n) is 6.15. The van der Waals surface area contributed by atoms with Crippen LogP contribution in [-0.4, -0.2) is 23.8 Å². The molecule has 1 N–H and O–H groups in total. The fraction of sp³-hybridized carbons (Fsp3) is 0.368. The molecule has 1 aliphatic rings. The molecule has 2 heteroatoms. The zero-order chi connectivity index (χ0) is 14.7. The smallest absolute Gasteiger partial charge is 0.0721 e. The Morgan fingerprint density at radius 3 is 2.24 bits per heavy atom. The first-order valence-electron chi connectivity index (χ1n) is 7.73. The molecule has 0 unspecified atom stereocenters. The number of anilines is 1. The maximum absolute atomic E-state index is 10.9. The van der Waals surface area contributed by atoms with E-state index in [0.29, 0.717) is 0 Å². The van der Waals surface area contributed by atoms with Gasteiger partial charge >= 0.3 is 0 Å². The lowest BCUT2D eigenvalue weighted by Crippen LogP contribution is -2.45. The SMILES string of the molecule is Cc1ccccc1CC1(O)CCN(c2ccccc2)CC1. The molecule has 3 rings (SSSR count). The Bertz CT molecular complexity index is 586. The number of piperidine rings is 1. The van der Waals surface area contributed by atoms with E-state index < -0.39 is 5.60 Å². The van der Waals surface area contributed by atoms with E-state index in [2.05, 4.69) is 60.4 Å². The van der Waals surface area contributed by atoms with Crippen LogP contribution < -0.4 is 4.90 Å². The van der Waals surface area contributed by atoms with Crippen molar-refractivity contribution in [2.75, 3.05) is 18.0 Å². The molecule has 0 radical (unpaired) electrons. The van der Waals surface area contributed by atoms with E-state index in [1.165, 1.54) is 16.8 Å². The molecule has 0 atom stereocenters. The monoisotopic (exact) mass is 281 g/mol. The summed E-state index contributed by atoms with van der Waals surface area (Å²) in [5.41, 5.74) is 3.25. The van der Waals surface area contributed by atoms with Gasteiger partial charge in [-0.2, -0.15) is 0 Å². The van der Waals surface area contributed by atoms with Crippen LogP contribution in [0.1, 0.15) is 24.0 Å². The fourth-order valence-electron chi connectivity index (χ4n) is 3.16. The van der Waals surface area contributed by atoms with Gasteiger partial charge in [-0.25, -0.2) is 0 Å². The van der Waals surface area contributed by atoms with E-state index in [1.807, 2.05) is 6.07 Å². The third-order valence-corrected chi connectivity index (χ3v) is 4.60. The highest BCUT2D eigenvalue weighted by Gasteiger charge is 2.32. The van der Waals surface area contributed by atoms with Crippen molar-refractivity contribution in [3.05, 3.63) is 65.7 Å². The van der Waals surface area contributed by atoms with E-state index in [-0.39, 0.29) is 0 Å². The van der Waals surface area contributed by atoms with Crippen molar-refractivity contribution in [2.45, 2.75) is 31.8 Å². The van der Waals surface area contributed by atoms with Crippen LogP contribution in [0.5, 0.6) is 0 Å². The Morgan fingerprint density at radius 1 is 0.952 bits per heavy atom. The van der Waals surface area contributed by atoms with Crippen LogP contribution in [-0.2, 0) is 6.42 Å². The lowest BCUT2D eigenvalue weighted by atomic mass is 9.84. The van der Waals surface area contributed by atoms with Crippen LogP contribution in [0.4, 0.5) is 5.69 Å². The summed E-state index contributed by atoms with van der Waals surface area (Å²) in [5, 5.41) is 10.9.